The average Bonchev–Trinajstić information content (AvgIpc) is 2.39. The van der Waals surface area contributed by atoms with E-state index < -0.39 is 5.41 Å². The molecule has 1 atom stereocenters. The SMILES string of the molecule is O=C1CCC2(CNCCOC2)C(=O)N1. The summed E-state index contributed by atoms with van der Waals surface area (Å²) < 4.78 is 5.36. The van der Waals surface area contributed by atoms with Gasteiger partial charge in [-0.05, 0) is 6.42 Å². The Labute approximate surface area is 82.2 Å². The van der Waals surface area contributed by atoms with Crippen molar-refractivity contribution in [3.05, 3.63) is 0 Å². The molecule has 2 rings (SSSR count). The van der Waals surface area contributed by atoms with Crippen LogP contribution >= 0.6 is 0 Å². The summed E-state index contributed by atoms with van der Waals surface area (Å²) in [6, 6.07) is 0. The number of carbonyl (C=O) groups excluding carboxylic acids is 2. The zero-order chi connectivity index (χ0) is 10.0. The highest BCUT2D eigenvalue weighted by Crippen LogP contribution is 2.28. The van der Waals surface area contributed by atoms with Gasteiger partial charge in [0.05, 0.1) is 18.6 Å². The van der Waals surface area contributed by atoms with Crippen LogP contribution in [0.4, 0.5) is 0 Å². The van der Waals surface area contributed by atoms with Crippen LogP contribution in [0.1, 0.15) is 12.8 Å². The van der Waals surface area contributed by atoms with E-state index in [0.29, 0.717) is 32.6 Å². The summed E-state index contributed by atoms with van der Waals surface area (Å²) in [7, 11) is 0. The first-order valence-electron chi connectivity index (χ1n) is 4.86. The molecule has 2 fully saturated rings. The maximum absolute atomic E-state index is 11.7. The molecule has 0 bridgehead atoms. The number of rotatable bonds is 0. The van der Waals surface area contributed by atoms with Crippen molar-refractivity contribution in [2.24, 2.45) is 5.41 Å². The van der Waals surface area contributed by atoms with Gasteiger partial charge in [-0.25, -0.2) is 0 Å². The van der Waals surface area contributed by atoms with Crippen molar-refractivity contribution in [3.8, 4) is 0 Å². The predicted molar refractivity (Wildman–Crippen MR) is 48.5 cm³/mol. The lowest BCUT2D eigenvalue weighted by molar-refractivity contribution is -0.144. The smallest absolute Gasteiger partial charge is 0.236 e. The highest BCUT2D eigenvalue weighted by Gasteiger charge is 2.43. The van der Waals surface area contributed by atoms with Crippen molar-refractivity contribution in [1.82, 2.24) is 10.6 Å². The lowest BCUT2D eigenvalue weighted by atomic mass is 9.80. The zero-order valence-electron chi connectivity index (χ0n) is 7.97. The van der Waals surface area contributed by atoms with Gasteiger partial charge in [-0.2, -0.15) is 0 Å². The van der Waals surface area contributed by atoms with Gasteiger partial charge >= 0.3 is 0 Å². The minimum Gasteiger partial charge on any atom is -0.379 e. The number of hydrogen-bond acceptors (Lipinski definition) is 4. The second kappa shape index (κ2) is 3.67. The first kappa shape index (κ1) is 9.61. The van der Waals surface area contributed by atoms with E-state index in [1.807, 2.05) is 0 Å². The van der Waals surface area contributed by atoms with Crippen LogP contribution in [0.15, 0.2) is 0 Å². The van der Waals surface area contributed by atoms with E-state index in [1.165, 1.54) is 0 Å². The van der Waals surface area contributed by atoms with E-state index in [9.17, 15) is 9.59 Å². The molecule has 1 unspecified atom stereocenters. The van der Waals surface area contributed by atoms with E-state index >= 15 is 0 Å². The number of imide groups is 1. The lowest BCUT2D eigenvalue weighted by Gasteiger charge is -2.33. The van der Waals surface area contributed by atoms with Gasteiger partial charge in [0.15, 0.2) is 0 Å². The van der Waals surface area contributed by atoms with Gasteiger partial charge in [-0.15, -0.1) is 0 Å². The fourth-order valence-electron chi connectivity index (χ4n) is 1.89. The van der Waals surface area contributed by atoms with E-state index in [2.05, 4.69) is 10.6 Å². The first-order chi connectivity index (χ1) is 6.73. The fraction of sp³-hybridized carbons (Fsp3) is 0.778. The van der Waals surface area contributed by atoms with Crippen LogP contribution in [0.5, 0.6) is 0 Å². The summed E-state index contributed by atoms with van der Waals surface area (Å²) in [6.45, 7) is 2.41. The minimum absolute atomic E-state index is 0.176. The molecule has 78 valence electrons. The summed E-state index contributed by atoms with van der Waals surface area (Å²) in [5.41, 5.74) is -0.523. The second-order valence-electron chi connectivity index (χ2n) is 3.89. The highest BCUT2D eigenvalue weighted by atomic mass is 16.5. The molecule has 2 aliphatic heterocycles. The summed E-state index contributed by atoms with van der Waals surface area (Å²) in [4.78, 5) is 22.7. The molecule has 2 N–H and O–H groups in total. The van der Waals surface area contributed by atoms with E-state index in [-0.39, 0.29) is 11.8 Å². The molecular weight excluding hydrogens is 184 g/mol. The summed E-state index contributed by atoms with van der Waals surface area (Å²) in [6.07, 6.45) is 1.00. The van der Waals surface area contributed by atoms with Crippen molar-refractivity contribution in [1.29, 1.82) is 0 Å². The Hall–Kier alpha value is -0.940. The van der Waals surface area contributed by atoms with Gasteiger partial charge in [0, 0.05) is 19.5 Å². The Morgan fingerprint density at radius 1 is 1.36 bits per heavy atom. The molecule has 5 nitrogen and oxygen atoms in total. The van der Waals surface area contributed by atoms with Crippen molar-refractivity contribution < 1.29 is 14.3 Å². The van der Waals surface area contributed by atoms with E-state index in [1.54, 1.807) is 0 Å². The average molecular weight is 198 g/mol. The highest BCUT2D eigenvalue weighted by molar-refractivity contribution is 6.00. The fourth-order valence-corrected chi connectivity index (χ4v) is 1.89. The Kier molecular flexibility index (Phi) is 2.52. The van der Waals surface area contributed by atoms with Gasteiger partial charge in [-0.1, -0.05) is 0 Å². The van der Waals surface area contributed by atoms with Crippen LogP contribution in [-0.2, 0) is 14.3 Å². The Morgan fingerprint density at radius 2 is 2.21 bits per heavy atom. The molecule has 2 heterocycles. The number of hydrogen-bond donors (Lipinski definition) is 2. The van der Waals surface area contributed by atoms with Gasteiger partial charge in [0.2, 0.25) is 11.8 Å². The first-order valence-corrected chi connectivity index (χ1v) is 4.86. The topological polar surface area (TPSA) is 67.4 Å². The van der Waals surface area contributed by atoms with Crippen molar-refractivity contribution >= 4 is 11.8 Å². The Bertz CT molecular complexity index is 257. The third-order valence-corrected chi connectivity index (χ3v) is 2.83. The molecular formula is C9H14N2O3. The van der Waals surface area contributed by atoms with Crippen LogP contribution in [-0.4, -0.2) is 38.1 Å². The third kappa shape index (κ3) is 1.65. The maximum atomic E-state index is 11.7. The largest absolute Gasteiger partial charge is 0.379 e. The minimum atomic E-state index is -0.523. The molecule has 14 heavy (non-hydrogen) atoms. The third-order valence-electron chi connectivity index (χ3n) is 2.83. The van der Waals surface area contributed by atoms with Crippen molar-refractivity contribution in [3.63, 3.8) is 0 Å². The number of amides is 2. The molecule has 0 aromatic carbocycles. The number of carbonyl (C=O) groups is 2. The van der Waals surface area contributed by atoms with Crippen molar-refractivity contribution in [2.75, 3.05) is 26.3 Å². The molecule has 0 radical (unpaired) electrons. The molecule has 2 saturated heterocycles. The summed E-state index contributed by atoms with van der Waals surface area (Å²) >= 11 is 0. The summed E-state index contributed by atoms with van der Waals surface area (Å²) in [5, 5.41) is 5.53. The van der Waals surface area contributed by atoms with Crippen molar-refractivity contribution in [2.45, 2.75) is 12.8 Å². The standard InChI is InChI=1S/C9H14N2O3/c12-7-1-2-9(8(13)11-7)5-10-3-4-14-6-9/h10H,1-6H2,(H,11,12,13). The van der Waals surface area contributed by atoms with Crippen LogP contribution in [0, 0.1) is 5.41 Å². The second-order valence-corrected chi connectivity index (χ2v) is 3.89. The van der Waals surface area contributed by atoms with Crippen LogP contribution in [0.2, 0.25) is 0 Å². The van der Waals surface area contributed by atoms with Gasteiger partial charge < -0.3 is 10.1 Å². The number of ether oxygens (including phenoxy) is 1. The normalized spacial score (nSPS) is 34.0. The van der Waals surface area contributed by atoms with Gasteiger partial charge in [-0.3, -0.25) is 14.9 Å². The molecule has 0 saturated carbocycles. The molecule has 0 aromatic heterocycles. The van der Waals surface area contributed by atoms with Crippen LogP contribution < -0.4 is 10.6 Å². The molecule has 2 aliphatic rings. The van der Waals surface area contributed by atoms with E-state index in [0.717, 1.165) is 6.54 Å². The predicted octanol–water partition coefficient (Wildman–Crippen LogP) is -0.971. The monoisotopic (exact) mass is 198 g/mol. The Balaban J connectivity index is 2.12. The molecule has 0 aliphatic carbocycles. The molecule has 1 spiro atoms. The summed E-state index contributed by atoms with van der Waals surface area (Å²) in [5.74, 6) is -0.368. The van der Waals surface area contributed by atoms with Gasteiger partial charge in [0.25, 0.3) is 0 Å². The van der Waals surface area contributed by atoms with Crippen LogP contribution in [0.3, 0.4) is 0 Å². The maximum Gasteiger partial charge on any atom is 0.236 e. The molecule has 2 amide bonds. The number of piperidine rings is 1. The quantitative estimate of drug-likeness (QED) is 0.491. The van der Waals surface area contributed by atoms with Crippen LogP contribution in [0.25, 0.3) is 0 Å². The van der Waals surface area contributed by atoms with E-state index in [4.69, 9.17) is 4.74 Å². The molecule has 5 heteroatoms. The lowest BCUT2D eigenvalue weighted by Crippen LogP contribution is -2.54. The zero-order valence-corrected chi connectivity index (χ0v) is 7.97. The van der Waals surface area contributed by atoms with Gasteiger partial charge in [0.1, 0.15) is 0 Å². The Morgan fingerprint density at radius 3 is 3.00 bits per heavy atom. The number of nitrogens with one attached hydrogen (secondary N) is 2. The molecule has 0 aromatic rings.